The summed E-state index contributed by atoms with van der Waals surface area (Å²) in [7, 11) is 0. The van der Waals surface area contributed by atoms with Crippen LogP contribution < -0.4 is 5.32 Å². The normalized spacial score (nSPS) is 27.5. The largest absolute Gasteiger partial charge is 0.396 e. The van der Waals surface area contributed by atoms with Gasteiger partial charge in [0.2, 0.25) is 11.8 Å². The number of nitrogens with one attached hydrogen (secondary N) is 1. The van der Waals surface area contributed by atoms with E-state index in [0.29, 0.717) is 13.0 Å². The number of hydrogen-bond acceptors (Lipinski definition) is 5. The lowest BCUT2D eigenvalue weighted by molar-refractivity contribution is -0.136. The summed E-state index contributed by atoms with van der Waals surface area (Å²) >= 11 is 0.884. The van der Waals surface area contributed by atoms with Crippen LogP contribution in [0.1, 0.15) is 32.1 Å². The molecule has 0 aromatic carbocycles. The molecule has 0 saturated carbocycles. The summed E-state index contributed by atoms with van der Waals surface area (Å²) in [6.07, 6.45) is 3.55. The van der Waals surface area contributed by atoms with Crippen LogP contribution in [0.25, 0.3) is 0 Å². The van der Waals surface area contributed by atoms with Crippen LogP contribution in [0.15, 0.2) is 0 Å². The number of likely N-dealkylation sites (tertiary alicyclic amines) is 1. The van der Waals surface area contributed by atoms with E-state index in [1.807, 2.05) is 0 Å². The van der Waals surface area contributed by atoms with Crippen molar-refractivity contribution in [2.75, 3.05) is 13.2 Å². The number of aliphatic hydroxyl groups is 1. The minimum atomic E-state index is -0.600. The van der Waals surface area contributed by atoms with Crippen molar-refractivity contribution in [3.8, 4) is 0 Å². The monoisotopic (exact) mass is 286 g/mol. The molecule has 0 aromatic rings. The lowest BCUT2D eigenvalue weighted by Gasteiger charge is -2.36. The minimum absolute atomic E-state index is 0.0597. The SMILES string of the molecule is O=C1NC(=O)C(CC(=O)N2CCCCC2CCO)S1. The van der Waals surface area contributed by atoms with Crippen LogP contribution in [-0.4, -0.2) is 51.5 Å². The van der Waals surface area contributed by atoms with Crippen molar-refractivity contribution in [2.24, 2.45) is 0 Å². The van der Waals surface area contributed by atoms with E-state index in [4.69, 9.17) is 5.11 Å². The van der Waals surface area contributed by atoms with Gasteiger partial charge in [-0.25, -0.2) is 0 Å². The first kappa shape index (κ1) is 14.3. The highest BCUT2D eigenvalue weighted by Gasteiger charge is 2.36. The highest BCUT2D eigenvalue weighted by molar-refractivity contribution is 8.15. The van der Waals surface area contributed by atoms with Crippen LogP contribution in [0.4, 0.5) is 4.79 Å². The summed E-state index contributed by atoms with van der Waals surface area (Å²) in [6.45, 7) is 0.738. The first-order valence-electron chi connectivity index (χ1n) is 6.53. The Bertz CT molecular complexity index is 386. The molecule has 7 heteroatoms. The van der Waals surface area contributed by atoms with Gasteiger partial charge in [0.25, 0.3) is 5.24 Å². The molecule has 0 radical (unpaired) electrons. The Morgan fingerprint density at radius 2 is 2.21 bits per heavy atom. The Kier molecular flexibility index (Phi) is 4.81. The lowest BCUT2D eigenvalue weighted by Crippen LogP contribution is -2.45. The van der Waals surface area contributed by atoms with Gasteiger partial charge in [-0.3, -0.25) is 19.7 Å². The van der Waals surface area contributed by atoms with Crippen LogP contribution in [0.3, 0.4) is 0 Å². The van der Waals surface area contributed by atoms with Gasteiger partial charge in [0.05, 0.1) is 0 Å². The van der Waals surface area contributed by atoms with Gasteiger partial charge in [-0.15, -0.1) is 0 Å². The second-order valence-corrected chi connectivity index (χ2v) is 6.01. The van der Waals surface area contributed by atoms with Gasteiger partial charge in [-0.1, -0.05) is 11.8 Å². The maximum Gasteiger partial charge on any atom is 0.286 e. The average molecular weight is 286 g/mol. The van der Waals surface area contributed by atoms with Crippen molar-refractivity contribution in [3.63, 3.8) is 0 Å². The Labute approximate surface area is 115 Å². The quantitative estimate of drug-likeness (QED) is 0.785. The molecule has 19 heavy (non-hydrogen) atoms. The minimum Gasteiger partial charge on any atom is -0.396 e. The predicted molar refractivity (Wildman–Crippen MR) is 70.6 cm³/mol. The number of amides is 3. The van der Waals surface area contributed by atoms with Crippen LogP contribution in [-0.2, 0) is 9.59 Å². The second kappa shape index (κ2) is 6.38. The van der Waals surface area contributed by atoms with Crippen molar-refractivity contribution < 1.29 is 19.5 Å². The molecular formula is C12H18N2O4S. The van der Waals surface area contributed by atoms with Crippen molar-refractivity contribution in [2.45, 2.75) is 43.4 Å². The van der Waals surface area contributed by atoms with E-state index in [1.165, 1.54) is 0 Å². The van der Waals surface area contributed by atoms with E-state index in [2.05, 4.69) is 5.32 Å². The number of rotatable bonds is 4. The number of hydrogen-bond donors (Lipinski definition) is 2. The van der Waals surface area contributed by atoms with E-state index < -0.39 is 5.25 Å². The fourth-order valence-corrected chi connectivity index (χ4v) is 3.39. The van der Waals surface area contributed by atoms with Crippen molar-refractivity contribution in [3.05, 3.63) is 0 Å². The number of nitrogens with zero attached hydrogens (tertiary/aromatic N) is 1. The van der Waals surface area contributed by atoms with Gasteiger partial charge in [0, 0.05) is 25.6 Å². The molecule has 2 aliphatic heterocycles. The predicted octanol–water partition coefficient (Wildman–Crippen LogP) is 0.492. The Morgan fingerprint density at radius 3 is 2.84 bits per heavy atom. The number of imide groups is 1. The molecule has 2 fully saturated rings. The zero-order valence-electron chi connectivity index (χ0n) is 10.6. The van der Waals surface area contributed by atoms with Crippen LogP contribution >= 0.6 is 11.8 Å². The van der Waals surface area contributed by atoms with Gasteiger partial charge in [-0.2, -0.15) is 0 Å². The van der Waals surface area contributed by atoms with E-state index >= 15 is 0 Å². The highest BCUT2D eigenvalue weighted by atomic mass is 32.2. The standard InChI is InChI=1S/C12H18N2O4S/c15-6-4-8-3-1-2-5-14(8)10(16)7-9-11(17)13-12(18)19-9/h8-9,15H,1-7H2,(H,13,17,18). The highest BCUT2D eigenvalue weighted by Crippen LogP contribution is 2.25. The molecule has 2 rings (SSSR count). The summed E-state index contributed by atoms with van der Waals surface area (Å²) in [4.78, 5) is 36.5. The second-order valence-electron chi connectivity index (χ2n) is 4.84. The molecule has 2 unspecified atom stereocenters. The topological polar surface area (TPSA) is 86.7 Å². The van der Waals surface area contributed by atoms with E-state index in [0.717, 1.165) is 31.0 Å². The first-order valence-corrected chi connectivity index (χ1v) is 7.41. The van der Waals surface area contributed by atoms with Gasteiger partial charge >= 0.3 is 0 Å². The van der Waals surface area contributed by atoms with Gasteiger partial charge in [0.15, 0.2) is 0 Å². The van der Waals surface area contributed by atoms with Crippen LogP contribution in [0.5, 0.6) is 0 Å². The third kappa shape index (κ3) is 3.48. The smallest absolute Gasteiger partial charge is 0.286 e. The zero-order chi connectivity index (χ0) is 13.8. The number of aliphatic hydroxyl groups excluding tert-OH is 1. The fraction of sp³-hybridized carbons (Fsp3) is 0.750. The third-order valence-electron chi connectivity index (χ3n) is 3.54. The summed E-state index contributed by atoms with van der Waals surface area (Å²) in [5.41, 5.74) is 0. The Hall–Kier alpha value is -1.08. The van der Waals surface area contributed by atoms with Crippen LogP contribution in [0.2, 0.25) is 0 Å². The van der Waals surface area contributed by atoms with E-state index in [9.17, 15) is 14.4 Å². The molecule has 0 aromatic heterocycles. The summed E-state index contributed by atoms with van der Waals surface area (Å²) in [5, 5.41) is 10.2. The van der Waals surface area contributed by atoms with E-state index in [1.54, 1.807) is 4.90 Å². The Balaban J connectivity index is 1.94. The van der Waals surface area contributed by atoms with Crippen molar-refractivity contribution in [1.29, 1.82) is 0 Å². The van der Waals surface area contributed by atoms with Crippen molar-refractivity contribution >= 4 is 28.8 Å². The summed E-state index contributed by atoms with van der Waals surface area (Å²) in [5.74, 6) is -0.473. The first-order chi connectivity index (χ1) is 9.11. The van der Waals surface area contributed by atoms with Crippen molar-refractivity contribution in [1.82, 2.24) is 10.2 Å². The molecular weight excluding hydrogens is 268 g/mol. The molecule has 106 valence electrons. The number of carbonyl (C=O) groups is 3. The van der Waals surface area contributed by atoms with Crippen LogP contribution in [0, 0.1) is 0 Å². The summed E-state index contributed by atoms with van der Waals surface area (Å²) in [6, 6.07) is 0.0661. The molecule has 6 nitrogen and oxygen atoms in total. The van der Waals surface area contributed by atoms with E-state index in [-0.39, 0.29) is 36.1 Å². The molecule has 2 aliphatic rings. The number of thioether (sulfide) groups is 1. The molecule has 0 bridgehead atoms. The van der Waals surface area contributed by atoms with Gasteiger partial charge in [0.1, 0.15) is 5.25 Å². The fourth-order valence-electron chi connectivity index (χ4n) is 2.58. The van der Waals surface area contributed by atoms with Gasteiger partial charge in [-0.05, 0) is 25.7 Å². The molecule has 0 aliphatic carbocycles. The maximum absolute atomic E-state index is 12.2. The molecule has 2 atom stereocenters. The molecule has 2 heterocycles. The number of carbonyl (C=O) groups excluding carboxylic acids is 3. The van der Waals surface area contributed by atoms with Gasteiger partial charge < -0.3 is 10.0 Å². The molecule has 0 spiro atoms. The summed E-state index contributed by atoms with van der Waals surface area (Å²) < 4.78 is 0. The average Bonchev–Trinajstić information content (AvgIpc) is 2.69. The maximum atomic E-state index is 12.2. The molecule has 3 amide bonds. The third-order valence-corrected chi connectivity index (χ3v) is 4.52. The Morgan fingerprint density at radius 1 is 1.42 bits per heavy atom. The number of piperidine rings is 1. The molecule has 2 N–H and O–H groups in total. The molecule has 2 saturated heterocycles. The lowest BCUT2D eigenvalue weighted by atomic mass is 9.99. The zero-order valence-corrected chi connectivity index (χ0v) is 11.4.